The number of hydrazone groups is 1. The Balaban J connectivity index is 1.55. The zero-order valence-corrected chi connectivity index (χ0v) is 11.1. The third-order valence-corrected chi connectivity index (χ3v) is 3.43. The first kappa shape index (κ1) is 14.0. The van der Waals surface area contributed by atoms with E-state index in [4.69, 9.17) is 4.74 Å². The highest BCUT2D eigenvalue weighted by molar-refractivity contribution is 6.39. The van der Waals surface area contributed by atoms with Crippen molar-refractivity contribution in [3.8, 4) is 0 Å². The summed E-state index contributed by atoms with van der Waals surface area (Å²) >= 11 is 0. The van der Waals surface area contributed by atoms with Crippen LogP contribution in [0.1, 0.15) is 44.9 Å². The van der Waals surface area contributed by atoms with Crippen molar-refractivity contribution in [3.63, 3.8) is 0 Å². The van der Waals surface area contributed by atoms with Crippen molar-refractivity contribution in [1.29, 1.82) is 0 Å². The van der Waals surface area contributed by atoms with Gasteiger partial charge in [0.15, 0.2) is 0 Å². The van der Waals surface area contributed by atoms with Crippen LogP contribution in [-0.2, 0) is 14.3 Å². The van der Waals surface area contributed by atoms with Gasteiger partial charge < -0.3 is 10.1 Å². The van der Waals surface area contributed by atoms with E-state index < -0.39 is 0 Å². The van der Waals surface area contributed by atoms with E-state index in [2.05, 4.69) is 15.8 Å². The first-order valence-corrected chi connectivity index (χ1v) is 7.01. The van der Waals surface area contributed by atoms with Crippen LogP contribution >= 0.6 is 0 Å². The molecule has 2 aliphatic rings. The molecule has 2 N–H and O–H groups in total. The van der Waals surface area contributed by atoms with Crippen molar-refractivity contribution in [1.82, 2.24) is 10.7 Å². The number of hydrogen-bond donors (Lipinski definition) is 2. The Morgan fingerprint density at radius 3 is 3.00 bits per heavy atom. The van der Waals surface area contributed by atoms with Crippen LogP contribution in [0.5, 0.6) is 0 Å². The molecule has 0 spiro atoms. The number of nitrogens with zero attached hydrogens (tertiary/aromatic N) is 1. The number of ether oxygens (including phenoxy) is 1. The number of unbranched alkanes of at least 4 members (excludes halogenated alkanes) is 1. The molecule has 0 aromatic carbocycles. The van der Waals surface area contributed by atoms with Gasteiger partial charge in [-0.1, -0.05) is 0 Å². The molecule has 6 heteroatoms. The lowest BCUT2D eigenvalue weighted by molar-refractivity contribution is -0.121. The Hall–Kier alpha value is -1.43. The molecule has 0 saturated carbocycles. The molecule has 2 amide bonds. The normalized spacial score (nSPS) is 22.8. The van der Waals surface area contributed by atoms with Crippen molar-refractivity contribution in [2.24, 2.45) is 5.10 Å². The SMILES string of the molecule is O=C1CCC(C(=O)NCCCC[C@@H]2CCCO2)=NN1. The zero-order valence-electron chi connectivity index (χ0n) is 11.1. The standard InChI is InChI=1S/C13H21N3O3/c17-12-7-6-11(15-16-12)13(18)14-8-2-1-4-10-5-3-9-19-10/h10H,1-9H2,(H,14,18)(H,16,17)/t10-/m1/s1. The van der Waals surface area contributed by atoms with E-state index in [0.717, 1.165) is 25.9 Å². The zero-order chi connectivity index (χ0) is 13.5. The molecular formula is C13H21N3O3. The summed E-state index contributed by atoms with van der Waals surface area (Å²) in [5, 5.41) is 6.59. The lowest BCUT2D eigenvalue weighted by Gasteiger charge is -2.12. The van der Waals surface area contributed by atoms with Crippen LogP contribution in [0.25, 0.3) is 0 Å². The third-order valence-electron chi connectivity index (χ3n) is 3.43. The Labute approximate surface area is 113 Å². The topological polar surface area (TPSA) is 79.8 Å². The maximum atomic E-state index is 11.7. The molecule has 1 saturated heterocycles. The molecular weight excluding hydrogens is 246 g/mol. The van der Waals surface area contributed by atoms with Crippen LogP contribution in [0.4, 0.5) is 0 Å². The average molecular weight is 267 g/mol. The summed E-state index contributed by atoms with van der Waals surface area (Å²) < 4.78 is 5.54. The molecule has 106 valence electrons. The summed E-state index contributed by atoms with van der Waals surface area (Å²) in [5.74, 6) is -0.301. The summed E-state index contributed by atoms with van der Waals surface area (Å²) in [7, 11) is 0. The molecule has 2 aliphatic heterocycles. The Morgan fingerprint density at radius 1 is 1.42 bits per heavy atom. The van der Waals surface area contributed by atoms with Crippen LogP contribution < -0.4 is 10.7 Å². The predicted molar refractivity (Wildman–Crippen MR) is 70.6 cm³/mol. The van der Waals surface area contributed by atoms with Gasteiger partial charge in [-0.2, -0.15) is 5.10 Å². The molecule has 0 aromatic rings. The van der Waals surface area contributed by atoms with Crippen LogP contribution in [-0.4, -0.2) is 36.8 Å². The van der Waals surface area contributed by atoms with Crippen LogP contribution in [0.2, 0.25) is 0 Å². The summed E-state index contributed by atoms with van der Waals surface area (Å²) in [4.78, 5) is 22.6. The summed E-state index contributed by atoms with van der Waals surface area (Å²) in [6.45, 7) is 1.55. The summed E-state index contributed by atoms with van der Waals surface area (Å²) in [6, 6.07) is 0. The second-order valence-electron chi connectivity index (χ2n) is 4.98. The number of rotatable bonds is 6. The lowest BCUT2D eigenvalue weighted by atomic mass is 10.1. The molecule has 1 atom stereocenters. The number of carbonyl (C=O) groups is 2. The molecule has 1 fully saturated rings. The number of carbonyl (C=O) groups excluding carboxylic acids is 2. The van der Waals surface area contributed by atoms with Crippen molar-refractivity contribution >= 4 is 17.5 Å². The van der Waals surface area contributed by atoms with Gasteiger partial charge in [-0.05, 0) is 32.1 Å². The Bertz CT molecular complexity index is 362. The maximum absolute atomic E-state index is 11.7. The van der Waals surface area contributed by atoms with E-state index >= 15 is 0 Å². The smallest absolute Gasteiger partial charge is 0.267 e. The minimum Gasteiger partial charge on any atom is -0.378 e. The highest BCUT2D eigenvalue weighted by atomic mass is 16.5. The van der Waals surface area contributed by atoms with Gasteiger partial charge in [0.25, 0.3) is 5.91 Å². The van der Waals surface area contributed by atoms with Crippen LogP contribution in [0, 0.1) is 0 Å². The van der Waals surface area contributed by atoms with Gasteiger partial charge in [0, 0.05) is 26.0 Å². The fourth-order valence-electron chi connectivity index (χ4n) is 2.31. The fourth-order valence-corrected chi connectivity index (χ4v) is 2.31. The molecule has 6 nitrogen and oxygen atoms in total. The van der Waals surface area contributed by atoms with Crippen LogP contribution in [0.15, 0.2) is 5.10 Å². The largest absolute Gasteiger partial charge is 0.378 e. The Morgan fingerprint density at radius 2 is 2.32 bits per heavy atom. The van der Waals surface area contributed by atoms with E-state index in [1.54, 1.807) is 0 Å². The molecule has 0 bridgehead atoms. The van der Waals surface area contributed by atoms with Crippen molar-refractivity contribution in [2.45, 2.75) is 51.0 Å². The number of nitrogens with one attached hydrogen (secondary N) is 2. The van der Waals surface area contributed by atoms with Crippen molar-refractivity contribution in [2.75, 3.05) is 13.2 Å². The second kappa shape index (κ2) is 7.23. The molecule has 2 heterocycles. The first-order chi connectivity index (χ1) is 9.25. The quantitative estimate of drug-likeness (QED) is 0.696. The predicted octanol–water partition coefficient (Wildman–Crippen LogP) is 0.718. The second-order valence-corrected chi connectivity index (χ2v) is 4.98. The average Bonchev–Trinajstić information content (AvgIpc) is 2.92. The van der Waals surface area contributed by atoms with E-state index in [0.29, 0.717) is 31.2 Å². The monoisotopic (exact) mass is 267 g/mol. The molecule has 0 unspecified atom stereocenters. The van der Waals surface area contributed by atoms with Gasteiger partial charge in [0.1, 0.15) is 5.71 Å². The van der Waals surface area contributed by atoms with E-state index in [1.165, 1.54) is 12.8 Å². The van der Waals surface area contributed by atoms with Crippen LogP contribution in [0.3, 0.4) is 0 Å². The molecule has 0 radical (unpaired) electrons. The van der Waals surface area contributed by atoms with Gasteiger partial charge in [-0.25, -0.2) is 5.43 Å². The fraction of sp³-hybridized carbons (Fsp3) is 0.769. The number of hydrogen-bond acceptors (Lipinski definition) is 4. The molecule has 0 aromatic heterocycles. The molecule has 2 rings (SSSR count). The van der Waals surface area contributed by atoms with Crippen molar-refractivity contribution in [3.05, 3.63) is 0 Å². The van der Waals surface area contributed by atoms with Gasteiger partial charge >= 0.3 is 0 Å². The first-order valence-electron chi connectivity index (χ1n) is 7.01. The Kier molecular flexibility index (Phi) is 5.32. The van der Waals surface area contributed by atoms with E-state index in [9.17, 15) is 9.59 Å². The molecule has 19 heavy (non-hydrogen) atoms. The van der Waals surface area contributed by atoms with Gasteiger partial charge in [-0.15, -0.1) is 0 Å². The summed E-state index contributed by atoms with van der Waals surface area (Å²) in [6.07, 6.45) is 6.62. The lowest BCUT2D eigenvalue weighted by Crippen LogP contribution is -2.37. The highest BCUT2D eigenvalue weighted by Gasteiger charge is 2.18. The number of amides is 2. The van der Waals surface area contributed by atoms with Gasteiger partial charge in [0.05, 0.1) is 6.10 Å². The minimum absolute atomic E-state index is 0.131. The van der Waals surface area contributed by atoms with E-state index in [1.807, 2.05) is 0 Å². The minimum atomic E-state index is -0.169. The van der Waals surface area contributed by atoms with E-state index in [-0.39, 0.29) is 11.8 Å². The van der Waals surface area contributed by atoms with Gasteiger partial charge in [0.2, 0.25) is 5.91 Å². The molecule has 0 aliphatic carbocycles. The maximum Gasteiger partial charge on any atom is 0.267 e. The third kappa shape index (κ3) is 4.63. The van der Waals surface area contributed by atoms with Crippen molar-refractivity contribution < 1.29 is 14.3 Å². The summed E-state index contributed by atoms with van der Waals surface area (Å²) in [5.41, 5.74) is 2.74. The van der Waals surface area contributed by atoms with Gasteiger partial charge in [-0.3, -0.25) is 9.59 Å². The highest BCUT2D eigenvalue weighted by Crippen LogP contribution is 2.17.